The number of aromatic nitrogens is 4. The molecule has 5 nitrogen and oxygen atoms in total. The highest BCUT2D eigenvalue weighted by atomic mass is 16.5. The highest BCUT2D eigenvalue weighted by Crippen LogP contribution is 2.26. The Morgan fingerprint density at radius 1 is 1.05 bits per heavy atom. The van der Waals surface area contributed by atoms with Crippen LogP contribution in [0.15, 0.2) is 43.1 Å². The lowest BCUT2D eigenvalue weighted by Gasteiger charge is -2.22. The van der Waals surface area contributed by atoms with Crippen LogP contribution in [0.3, 0.4) is 0 Å². The number of pyridine rings is 1. The van der Waals surface area contributed by atoms with Crippen molar-refractivity contribution >= 4 is 5.65 Å². The standard InChI is InChI=1S/C17H18N4O/c1-2-4-14(5-3-1)22-17-16-20-15(12-21(16)11-10-19-17)13-6-8-18-9-7-13/h6-12,14H,1-5H2. The maximum atomic E-state index is 6.11. The van der Waals surface area contributed by atoms with Gasteiger partial charge in [0, 0.05) is 36.5 Å². The number of hydrogen-bond donors (Lipinski definition) is 0. The molecular formula is C17H18N4O. The van der Waals surface area contributed by atoms with Gasteiger partial charge in [0.1, 0.15) is 6.10 Å². The Hall–Kier alpha value is -2.43. The van der Waals surface area contributed by atoms with E-state index in [9.17, 15) is 0 Å². The predicted octanol–water partition coefficient (Wildman–Crippen LogP) is 3.50. The summed E-state index contributed by atoms with van der Waals surface area (Å²) in [7, 11) is 0. The first kappa shape index (κ1) is 13.2. The lowest BCUT2D eigenvalue weighted by molar-refractivity contribution is 0.150. The maximum absolute atomic E-state index is 6.11. The van der Waals surface area contributed by atoms with Crippen molar-refractivity contribution in [3.8, 4) is 17.1 Å². The van der Waals surface area contributed by atoms with E-state index in [1.54, 1.807) is 18.6 Å². The van der Waals surface area contributed by atoms with Gasteiger partial charge in [0.25, 0.3) is 5.88 Å². The molecule has 112 valence electrons. The molecule has 0 bridgehead atoms. The lowest BCUT2D eigenvalue weighted by Crippen LogP contribution is -2.20. The van der Waals surface area contributed by atoms with Gasteiger partial charge < -0.3 is 9.14 Å². The number of hydrogen-bond acceptors (Lipinski definition) is 4. The Morgan fingerprint density at radius 2 is 1.86 bits per heavy atom. The summed E-state index contributed by atoms with van der Waals surface area (Å²) in [4.78, 5) is 13.1. The Labute approximate surface area is 129 Å². The minimum atomic E-state index is 0.272. The molecule has 0 radical (unpaired) electrons. The topological polar surface area (TPSA) is 52.3 Å². The van der Waals surface area contributed by atoms with E-state index in [0.717, 1.165) is 29.7 Å². The Morgan fingerprint density at radius 3 is 2.68 bits per heavy atom. The van der Waals surface area contributed by atoms with Gasteiger partial charge in [-0.3, -0.25) is 4.98 Å². The number of ether oxygens (including phenoxy) is 1. The van der Waals surface area contributed by atoms with Crippen LogP contribution in [0, 0.1) is 0 Å². The van der Waals surface area contributed by atoms with Gasteiger partial charge >= 0.3 is 0 Å². The zero-order chi connectivity index (χ0) is 14.8. The van der Waals surface area contributed by atoms with Crippen LogP contribution in [-0.2, 0) is 0 Å². The van der Waals surface area contributed by atoms with E-state index < -0.39 is 0 Å². The number of fused-ring (bicyclic) bond motifs is 1. The van der Waals surface area contributed by atoms with Gasteiger partial charge in [0.2, 0.25) is 5.65 Å². The van der Waals surface area contributed by atoms with Gasteiger partial charge in [-0.05, 0) is 37.8 Å². The molecule has 0 spiro atoms. The lowest BCUT2D eigenvalue weighted by atomic mass is 9.98. The predicted molar refractivity (Wildman–Crippen MR) is 83.7 cm³/mol. The van der Waals surface area contributed by atoms with Crippen LogP contribution in [0.1, 0.15) is 32.1 Å². The third-order valence-electron chi connectivity index (χ3n) is 4.15. The highest BCUT2D eigenvalue weighted by molar-refractivity contribution is 5.64. The smallest absolute Gasteiger partial charge is 0.258 e. The zero-order valence-corrected chi connectivity index (χ0v) is 12.4. The number of rotatable bonds is 3. The molecule has 1 saturated carbocycles. The third-order valence-corrected chi connectivity index (χ3v) is 4.15. The van der Waals surface area contributed by atoms with Crippen LogP contribution in [0.2, 0.25) is 0 Å². The van der Waals surface area contributed by atoms with Crippen molar-refractivity contribution in [3.63, 3.8) is 0 Å². The van der Waals surface area contributed by atoms with Crippen molar-refractivity contribution in [2.45, 2.75) is 38.2 Å². The molecule has 0 unspecified atom stereocenters. The third kappa shape index (κ3) is 2.54. The van der Waals surface area contributed by atoms with Gasteiger partial charge in [-0.2, -0.15) is 0 Å². The van der Waals surface area contributed by atoms with Gasteiger partial charge in [-0.25, -0.2) is 9.97 Å². The first-order valence-electron chi connectivity index (χ1n) is 7.81. The second kappa shape index (κ2) is 5.75. The second-order valence-corrected chi connectivity index (χ2v) is 5.70. The molecule has 3 aromatic heterocycles. The average molecular weight is 294 g/mol. The monoisotopic (exact) mass is 294 g/mol. The minimum Gasteiger partial charge on any atom is -0.472 e. The van der Waals surface area contributed by atoms with Crippen molar-refractivity contribution in [1.29, 1.82) is 0 Å². The van der Waals surface area contributed by atoms with Crippen LogP contribution >= 0.6 is 0 Å². The van der Waals surface area contributed by atoms with Gasteiger partial charge in [-0.1, -0.05) is 6.42 Å². The quantitative estimate of drug-likeness (QED) is 0.742. The fraction of sp³-hybridized carbons (Fsp3) is 0.353. The van der Waals surface area contributed by atoms with E-state index in [0.29, 0.717) is 5.88 Å². The first-order valence-corrected chi connectivity index (χ1v) is 7.81. The molecular weight excluding hydrogens is 276 g/mol. The summed E-state index contributed by atoms with van der Waals surface area (Å²) in [6.45, 7) is 0. The average Bonchev–Trinajstić information content (AvgIpc) is 3.02. The largest absolute Gasteiger partial charge is 0.472 e. The maximum Gasteiger partial charge on any atom is 0.258 e. The summed E-state index contributed by atoms with van der Waals surface area (Å²) in [5, 5.41) is 0. The normalized spacial score (nSPS) is 16.0. The summed E-state index contributed by atoms with van der Waals surface area (Å²) in [5.41, 5.74) is 2.73. The summed E-state index contributed by atoms with van der Waals surface area (Å²) >= 11 is 0. The van der Waals surface area contributed by atoms with Gasteiger partial charge in [-0.15, -0.1) is 0 Å². The molecule has 0 aliphatic heterocycles. The van der Waals surface area contributed by atoms with E-state index in [-0.39, 0.29) is 6.10 Å². The van der Waals surface area contributed by atoms with Crippen LogP contribution in [0.5, 0.6) is 5.88 Å². The molecule has 22 heavy (non-hydrogen) atoms. The van der Waals surface area contributed by atoms with E-state index >= 15 is 0 Å². The van der Waals surface area contributed by atoms with Crippen molar-refractivity contribution in [3.05, 3.63) is 43.1 Å². The van der Waals surface area contributed by atoms with Gasteiger partial charge in [0.15, 0.2) is 0 Å². The van der Waals surface area contributed by atoms with Crippen molar-refractivity contribution in [2.24, 2.45) is 0 Å². The Balaban J connectivity index is 1.69. The van der Waals surface area contributed by atoms with E-state index in [1.165, 1.54) is 19.3 Å². The molecule has 1 fully saturated rings. The van der Waals surface area contributed by atoms with Crippen molar-refractivity contribution in [2.75, 3.05) is 0 Å². The number of nitrogens with zero attached hydrogens (tertiary/aromatic N) is 4. The molecule has 0 N–H and O–H groups in total. The fourth-order valence-corrected chi connectivity index (χ4v) is 2.98. The van der Waals surface area contributed by atoms with E-state index in [4.69, 9.17) is 9.72 Å². The molecule has 0 aromatic carbocycles. The zero-order valence-electron chi connectivity index (χ0n) is 12.4. The van der Waals surface area contributed by atoms with Crippen LogP contribution in [-0.4, -0.2) is 25.5 Å². The highest BCUT2D eigenvalue weighted by Gasteiger charge is 2.18. The molecule has 5 heteroatoms. The summed E-state index contributed by atoms with van der Waals surface area (Å²) in [5.74, 6) is 0.634. The minimum absolute atomic E-state index is 0.272. The van der Waals surface area contributed by atoms with Gasteiger partial charge in [0.05, 0.1) is 5.69 Å². The van der Waals surface area contributed by atoms with Crippen LogP contribution in [0.4, 0.5) is 0 Å². The molecule has 0 atom stereocenters. The molecule has 3 heterocycles. The molecule has 1 aliphatic rings. The SMILES string of the molecule is c1cc(-c2cn3ccnc(OC4CCCCC4)c3n2)ccn1. The fourth-order valence-electron chi connectivity index (χ4n) is 2.98. The Kier molecular flexibility index (Phi) is 3.46. The summed E-state index contributed by atoms with van der Waals surface area (Å²) in [6.07, 6.45) is 15.5. The second-order valence-electron chi connectivity index (χ2n) is 5.70. The van der Waals surface area contributed by atoms with Crippen LogP contribution < -0.4 is 4.74 Å². The first-order chi connectivity index (χ1) is 10.9. The van der Waals surface area contributed by atoms with Crippen LogP contribution in [0.25, 0.3) is 16.9 Å². The molecule has 1 aliphatic carbocycles. The van der Waals surface area contributed by atoms with Crippen molar-refractivity contribution < 1.29 is 4.74 Å². The molecule has 3 aromatic rings. The van der Waals surface area contributed by atoms with E-state index in [2.05, 4.69) is 9.97 Å². The van der Waals surface area contributed by atoms with E-state index in [1.807, 2.05) is 28.9 Å². The molecule has 0 amide bonds. The summed E-state index contributed by atoms with van der Waals surface area (Å²) < 4.78 is 8.08. The van der Waals surface area contributed by atoms with Crippen molar-refractivity contribution in [1.82, 2.24) is 19.4 Å². The number of imidazole rings is 1. The molecule has 4 rings (SSSR count). The molecule has 0 saturated heterocycles. The Bertz CT molecular complexity index is 763. The summed E-state index contributed by atoms with van der Waals surface area (Å²) in [6, 6.07) is 3.91.